The van der Waals surface area contributed by atoms with Crippen molar-refractivity contribution in [1.29, 1.82) is 0 Å². The lowest BCUT2D eigenvalue weighted by atomic mass is 9.98. The highest BCUT2D eigenvalue weighted by Crippen LogP contribution is 2.39. The topological polar surface area (TPSA) is 40.5 Å². The third-order valence-electron chi connectivity index (χ3n) is 4.02. The van der Waals surface area contributed by atoms with Crippen LogP contribution in [0.15, 0.2) is 22.7 Å². The summed E-state index contributed by atoms with van der Waals surface area (Å²) in [5.41, 5.74) is 1.73. The van der Waals surface area contributed by atoms with Crippen LogP contribution in [0.1, 0.15) is 37.4 Å². The molecule has 0 heterocycles. The lowest BCUT2D eigenvalue weighted by Crippen LogP contribution is -2.49. The molecule has 4 heteroatoms. The molecule has 98 valence electrons. The second-order valence-electron chi connectivity index (χ2n) is 5.37. The second-order valence-corrected chi connectivity index (χ2v) is 6.29. The van der Waals surface area contributed by atoms with E-state index in [1.54, 1.807) is 13.8 Å². The Labute approximate surface area is 116 Å². The van der Waals surface area contributed by atoms with Crippen molar-refractivity contribution >= 4 is 21.9 Å². The summed E-state index contributed by atoms with van der Waals surface area (Å²) in [4.78, 5) is 13.3. The highest BCUT2D eigenvalue weighted by molar-refractivity contribution is 9.10. The van der Waals surface area contributed by atoms with E-state index in [1.165, 1.54) is 11.1 Å². The molecular weight excluding hydrogens is 294 g/mol. The van der Waals surface area contributed by atoms with Gasteiger partial charge in [-0.15, -0.1) is 0 Å². The molecule has 1 aliphatic carbocycles. The molecule has 0 aromatic heterocycles. The fraction of sp³-hybridized carbons (Fsp3) is 0.500. The van der Waals surface area contributed by atoms with Gasteiger partial charge in [-0.25, -0.2) is 0 Å². The number of hydrogen-bond acceptors (Lipinski definition) is 2. The maximum absolute atomic E-state index is 11.3. The van der Waals surface area contributed by atoms with Gasteiger partial charge in [0, 0.05) is 10.5 Å². The van der Waals surface area contributed by atoms with Gasteiger partial charge in [-0.2, -0.15) is 0 Å². The second kappa shape index (κ2) is 4.67. The van der Waals surface area contributed by atoms with E-state index in [-0.39, 0.29) is 6.04 Å². The van der Waals surface area contributed by atoms with E-state index < -0.39 is 11.5 Å². The number of fused-ring (bicyclic) bond motifs is 1. The van der Waals surface area contributed by atoms with Gasteiger partial charge >= 0.3 is 5.97 Å². The SMILES string of the molecule is CN(C1CCc2cc(Br)ccc21)C(C)(C)C(=O)O. The predicted molar refractivity (Wildman–Crippen MR) is 74.7 cm³/mol. The van der Waals surface area contributed by atoms with Crippen molar-refractivity contribution in [2.45, 2.75) is 38.3 Å². The molecule has 0 spiro atoms. The van der Waals surface area contributed by atoms with Crippen LogP contribution in [0.25, 0.3) is 0 Å². The number of carboxylic acids is 1. The Hall–Kier alpha value is -0.870. The van der Waals surface area contributed by atoms with Gasteiger partial charge in [0.2, 0.25) is 0 Å². The lowest BCUT2D eigenvalue weighted by Gasteiger charge is -2.36. The summed E-state index contributed by atoms with van der Waals surface area (Å²) in [5.74, 6) is -0.782. The van der Waals surface area contributed by atoms with E-state index in [1.807, 2.05) is 18.0 Å². The molecule has 0 bridgehead atoms. The maximum Gasteiger partial charge on any atom is 0.323 e. The summed E-state index contributed by atoms with van der Waals surface area (Å²) in [5, 5.41) is 9.31. The summed E-state index contributed by atoms with van der Waals surface area (Å²) in [6.07, 6.45) is 2.00. The number of halogens is 1. The Kier molecular flexibility index (Phi) is 3.52. The molecule has 0 aliphatic heterocycles. The normalized spacial score (nSPS) is 19.1. The fourth-order valence-corrected chi connectivity index (χ4v) is 2.91. The average molecular weight is 312 g/mol. The first kappa shape index (κ1) is 13.6. The first-order chi connectivity index (χ1) is 8.34. The summed E-state index contributed by atoms with van der Waals surface area (Å²) in [6.45, 7) is 3.51. The molecule has 1 atom stereocenters. The van der Waals surface area contributed by atoms with Crippen molar-refractivity contribution < 1.29 is 9.90 Å². The monoisotopic (exact) mass is 311 g/mol. The molecule has 2 rings (SSSR count). The van der Waals surface area contributed by atoms with E-state index in [4.69, 9.17) is 0 Å². The zero-order valence-corrected chi connectivity index (χ0v) is 12.5. The largest absolute Gasteiger partial charge is 0.480 e. The number of aliphatic carboxylic acids is 1. The lowest BCUT2D eigenvalue weighted by molar-refractivity contribution is -0.150. The van der Waals surface area contributed by atoms with Crippen LogP contribution in [0.4, 0.5) is 0 Å². The Bertz CT molecular complexity index is 485. The third-order valence-corrected chi connectivity index (χ3v) is 4.52. The number of nitrogens with zero attached hydrogens (tertiary/aromatic N) is 1. The van der Waals surface area contributed by atoms with E-state index >= 15 is 0 Å². The molecule has 1 aromatic carbocycles. The van der Waals surface area contributed by atoms with Gasteiger partial charge in [0.25, 0.3) is 0 Å². The third kappa shape index (κ3) is 2.19. The molecule has 1 aliphatic rings. The quantitative estimate of drug-likeness (QED) is 0.931. The summed E-state index contributed by atoms with van der Waals surface area (Å²) < 4.78 is 1.09. The molecule has 0 radical (unpaired) electrons. The molecular formula is C14H18BrNO2. The summed E-state index contributed by atoms with van der Waals surface area (Å²) >= 11 is 3.48. The van der Waals surface area contributed by atoms with E-state index in [0.29, 0.717) is 0 Å². The van der Waals surface area contributed by atoms with Gasteiger partial charge in [0.05, 0.1) is 0 Å². The minimum Gasteiger partial charge on any atom is -0.480 e. The van der Waals surface area contributed by atoms with Crippen LogP contribution in [0.5, 0.6) is 0 Å². The van der Waals surface area contributed by atoms with Crippen LogP contribution in [-0.4, -0.2) is 28.6 Å². The highest BCUT2D eigenvalue weighted by Gasteiger charge is 2.39. The Balaban J connectivity index is 2.31. The zero-order valence-electron chi connectivity index (χ0n) is 10.9. The molecule has 3 nitrogen and oxygen atoms in total. The number of carboxylic acid groups (broad SMARTS) is 1. The van der Waals surface area contributed by atoms with E-state index in [9.17, 15) is 9.90 Å². The molecule has 1 unspecified atom stereocenters. The minimum absolute atomic E-state index is 0.194. The zero-order chi connectivity index (χ0) is 13.5. The number of likely N-dealkylation sites (N-methyl/N-ethyl adjacent to an activating group) is 1. The molecule has 0 saturated heterocycles. The minimum atomic E-state index is -0.848. The number of benzene rings is 1. The van der Waals surface area contributed by atoms with E-state index in [2.05, 4.69) is 28.1 Å². The first-order valence-corrected chi connectivity index (χ1v) is 6.88. The van der Waals surface area contributed by atoms with Crippen molar-refractivity contribution in [1.82, 2.24) is 4.90 Å². The van der Waals surface area contributed by atoms with Crippen molar-refractivity contribution in [3.63, 3.8) is 0 Å². The van der Waals surface area contributed by atoms with Crippen molar-refractivity contribution in [2.75, 3.05) is 7.05 Å². The van der Waals surface area contributed by atoms with Gasteiger partial charge in [-0.1, -0.05) is 22.0 Å². The molecule has 18 heavy (non-hydrogen) atoms. The van der Waals surface area contributed by atoms with Gasteiger partial charge in [-0.05, 0) is 57.0 Å². The number of aryl methyl sites for hydroxylation is 1. The molecule has 1 aromatic rings. The summed E-state index contributed by atoms with van der Waals surface area (Å²) in [7, 11) is 1.90. The Morgan fingerprint density at radius 1 is 1.50 bits per heavy atom. The number of carbonyl (C=O) groups is 1. The van der Waals surface area contributed by atoms with Crippen LogP contribution in [0, 0.1) is 0 Å². The molecule has 1 N–H and O–H groups in total. The fourth-order valence-electron chi connectivity index (χ4n) is 2.51. The average Bonchev–Trinajstić information content (AvgIpc) is 2.70. The standard InChI is InChI=1S/C14H18BrNO2/c1-14(2,13(17)18)16(3)12-7-4-9-8-10(15)5-6-11(9)12/h5-6,8,12H,4,7H2,1-3H3,(H,17,18). The Morgan fingerprint density at radius 2 is 2.17 bits per heavy atom. The van der Waals surface area contributed by atoms with Crippen LogP contribution in [-0.2, 0) is 11.2 Å². The van der Waals surface area contributed by atoms with Crippen LogP contribution in [0.3, 0.4) is 0 Å². The van der Waals surface area contributed by atoms with Crippen molar-refractivity contribution in [2.24, 2.45) is 0 Å². The van der Waals surface area contributed by atoms with Gasteiger partial charge in [-0.3, -0.25) is 9.69 Å². The maximum atomic E-state index is 11.3. The van der Waals surface area contributed by atoms with Gasteiger partial charge in [0.1, 0.15) is 5.54 Å². The molecule has 0 saturated carbocycles. The molecule has 0 amide bonds. The highest BCUT2D eigenvalue weighted by atomic mass is 79.9. The van der Waals surface area contributed by atoms with Crippen LogP contribution in [0.2, 0.25) is 0 Å². The van der Waals surface area contributed by atoms with Crippen LogP contribution < -0.4 is 0 Å². The smallest absolute Gasteiger partial charge is 0.323 e. The predicted octanol–water partition coefficient (Wildman–Crippen LogP) is 3.23. The van der Waals surface area contributed by atoms with Gasteiger partial charge < -0.3 is 5.11 Å². The molecule has 0 fully saturated rings. The van der Waals surface area contributed by atoms with E-state index in [0.717, 1.165) is 17.3 Å². The first-order valence-electron chi connectivity index (χ1n) is 6.08. The number of hydrogen-bond donors (Lipinski definition) is 1. The Morgan fingerprint density at radius 3 is 2.78 bits per heavy atom. The van der Waals surface area contributed by atoms with Gasteiger partial charge in [0.15, 0.2) is 0 Å². The number of rotatable bonds is 3. The van der Waals surface area contributed by atoms with Crippen molar-refractivity contribution in [3.05, 3.63) is 33.8 Å². The van der Waals surface area contributed by atoms with Crippen LogP contribution >= 0.6 is 15.9 Å². The summed E-state index contributed by atoms with van der Waals surface area (Å²) in [6, 6.07) is 6.46. The van der Waals surface area contributed by atoms with Crippen molar-refractivity contribution in [3.8, 4) is 0 Å².